The minimum atomic E-state index is 0.0775. The molecule has 2 nitrogen and oxygen atoms in total. The zero-order valence-electron chi connectivity index (χ0n) is 9.05. The van der Waals surface area contributed by atoms with Crippen LogP contribution in [0.1, 0.15) is 15.3 Å². The Balaban J connectivity index is 2.11. The summed E-state index contributed by atoms with van der Waals surface area (Å²) in [6.07, 6.45) is 1.87. The molecule has 1 heterocycles. The minimum absolute atomic E-state index is 0.0775. The Bertz CT molecular complexity index is 485. The van der Waals surface area contributed by atoms with Crippen LogP contribution in [0.15, 0.2) is 41.4 Å². The molecule has 0 fully saturated rings. The van der Waals surface area contributed by atoms with Gasteiger partial charge in [0.15, 0.2) is 0 Å². The van der Waals surface area contributed by atoms with E-state index in [1.807, 2.05) is 30.5 Å². The first-order chi connectivity index (χ1) is 7.78. The summed E-state index contributed by atoms with van der Waals surface area (Å²) in [5.41, 5.74) is 1.81. The van der Waals surface area contributed by atoms with Crippen LogP contribution in [-0.4, -0.2) is 11.3 Å². The van der Waals surface area contributed by atoms with Gasteiger partial charge in [0.05, 0.1) is 12.3 Å². The van der Waals surface area contributed by atoms with E-state index in [1.165, 1.54) is 4.88 Å². The number of hydrogen-bond acceptors (Lipinski definition) is 3. The third-order valence-electron chi connectivity index (χ3n) is 2.22. The predicted molar refractivity (Wildman–Crippen MR) is 68.7 cm³/mol. The van der Waals surface area contributed by atoms with Crippen LogP contribution in [0.3, 0.4) is 0 Å². The quantitative estimate of drug-likeness (QED) is 0.808. The van der Waals surface area contributed by atoms with Gasteiger partial charge in [0.1, 0.15) is 0 Å². The average molecular weight is 231 g/mol. The average Bonchev–Trinajstić information content (AvgIpc) is 2.73. The third kappa shape index (κ3) is 2.78. The molecular weight excluding hydrogens is 218 g/mol. The zero-order chi connectivity index (χ0) is 11.4. The molecular formula is C13H13NOS. The highest BCUT2D eigenvalue weighted by atomic mass is 32.1. The SMILES string of the molecule is Cc1ccc(/C=N/c2ccc(CO)cc2)s1. The lowest BCUT2D eigenvalue weighted by molar-refractivity contribution is 0.282. The Morgan fingerprint density at radius 1 is 1.19 bits per heavy atom. The second-order valence-electron chi connectivity index (χ2n) is 3.53. The van der Waals surface area contributed by atoms with Crippen LogP contribution in [0.5, 0.6) is 0 Å². The van der Waals surface area contributed by atoms with Gasteiger partial charge in [-0.1, -0.05) is 12.1 Å². The van der Waals surface area contributed by atoms with E-state index >= 15 is 0 Å². The van der Waals surface area contributed by atoms with Crippen molar-refractivity contribution in [1.29, 1.82) is 0 Å². The molecule has 0 bridgehead atoms. The Labute approximate surface area is 98.9 Å². The molecule has 0 unspecified atom stereocenters. The summed E-state index contributed by atoms with van der Waals surface area (Å²) in [5, 5.41) is 8.90. The maximum atomic E-state index is 8.90. The van der Waals surface area contributed by atoms with Crippen molar-refractivity contribution in [2.45, 2.75) is 13.5 Å². The fourth-order valence-corrected chi connectivity index (χ4v) is 2.10. The molecule has 1 aromatic heterocycles. The number of aliphatic imine (C=N–C) groups is 1. The number of benzene rings is 1. The molecule has 0 saturated carbocycles. The van der Waals surface area contributed by atoms with Gasteiger partial charge < -0.3 is 5.11 Å². The normalized spacial score (nSPS) is 11.1. The fourth-order valence-electron chi connectivity index (χ4n) is 1.35. The van der Waals surface area contributed by atoms with E-state index in [0.717, 1.165) is 16.1 Å². The van der Waals surface area contributed by atoms with Gasteiger partial charge in [-0.2, -0.15) is 0 Å². The van der Waals surface area contributed by atoms with Gasteiger partial charge in [0.25, 0.3) is 0 Å². The molecule has 0 radical (unpaired) electrons. The van der Waals surface area contributed by atoms with Crippen molar-refractivity contribution in [3.05, 3.63) is 51.7 Å². The number of aliphatic hydroxyl groups excluding tert-OH is 1. The topological polar surface area (TPSA) is 32.6 Å². The van der Waals surface area contributed by atoms with E-state index in [9.17, 15) is 0 Å². The summed E-state index contributed by atoms with van der Waals surface area (Å²) < 4.78 is 0. The zero-order valence-corrected chi connectivity index (χ0v) is 9.87. The molecule has 16 heavy (non-hydrogen) atoms. The predicted octanol–water partition coefficient (Wildman–Crippen LogP) is 3.30. The lowest BCUT2D eigenvalue weighted by Gasteiger charge is -1.95. The highest BCUT2D eigenvalue weighted by molar-refractivity contribution is 7.13. The van der Waals surface area contributed by atoms with Gasteiger partial charge in [0, 0.05) is 16.0 Å². The van der Waals surface area contributed by atoms with Crippen LogP contribution in [0, 0.1) is 6.92 Å². The molecule has 0 aliphatic rings. The molecule has 0 spiro atoms. The van der Waals surface area contributed by atoms with Crippen molar-refractivity contribution in [1.82, 2.24) is 0 Å². The lowest BCUT2D eigenvalue weighted by atomic mass is 10.2. The maximum Gasteiger partial charge on any atom is 0.0681 e. The van der Waals surface area contributed by atoms with E-state index < -0.39 is 0 Å². The molecule has 0 aliphatic carbocycles. The van der Waals surface area contributed by atoms with Gasteiger partial charge in [-0.15, -0.1) is 11.3 Å². The second-order valence-corrected chi connectivity index (χ2v) is 4.85. The number of thiophene rings is 1. The third-order valence-corrected chi connectivity index (χ3v) is 3.16. The molecule has 0 amide bonds. The lowest BCUT2D eigenvalue weighted by Crippen LogP contribution is -1.80. The highest BCUT2D eigenvalue weighted by Gasteiger charge is 1.93. The molecule has 0 atom stereocenters. The van der Waals surface area contributed by atoms with Crippen LogP contribution in [0.2, 0.25) is 0 Å². The molecule has 82 valence electrons. The van der Waals surface area contributed by atoms with E-state index in [4.69, 9.17) is 5.11 Å². The molecule has 0 saturated heterocycles. The summed E-state index contributed by atoms with van der Waals surface area (Å²) in [5.74, 6) is 0. The van der Waals surface area contributed by atoms with Gasteiger partial charge in [-0.25, -0.2) is 0 Å². The molecule has 1 N–H and O–H groups in total. The van der Waals surface area contributed by atoms with Crippen LogP contribution >= 0.6 is 11.3 Å². The first-order valence-corrected chi connectivity index (χ1v) is 5.90. The smallest absolute Gasteiger partial charge is 0.0681 e. The van der Waals surface area contributed by atoms with E-state index in [0.29, 0.717) is 0 Å². The van der Waals surface area contributed by atoms with E-state index in [1.54, 1.807) is 11.3 Å². The number of aliphatic hydroxyl groups is 1. The summed E-state index contributed by atoms with van der Waals surface area (Å²) >= 11 is 1.73. The molecule has 1 aromatic carbocycles. The van der Waals surface area contributed by atoms with E-state index in [-0.39, 0.29) is 6.61 Å². The summed E-state index contributed by atoms with van der Waals surface area (Å²) in [7, 11) is 0. The first-order valence-electron chi connectivity index (χ1n) is 5.08. The second kappa shape index (κ2) is 5.05. The standard InChI is InChI=1S/C13H13NOS/c1-10-2-7-13(16-10)8-14-12-5-3-11(9-15)4-6-12/h2-8,15H,9H2,1H3/b14-8+. The Morgan fingerprint density at radius 2 is 1.94 bits per heavy atom. The maximum absolute atomic E-state index is 8.90. The molecule has 2 aromatic rings. The Hall–Kier alpha value is -1.45. The molecule has 3 heteroatoms. The fraction of sp³-hybridized carbons (Fsp3) is 0.154. The van der Waals surface area contributed by atoms with Crippen molar-refractivity contribution in [2.75, 3.05) is 0 Å². The van der Waals surface area contributed by atoms with Gasteiger partial charge >= 0.3 is 0 Å². The highest BCUT2D eigenvalue weighted by Crippen LogP contribution is 2.16. The first kappa shape index (κ1) is 11.0. The number of aryl methyl sites for hydroxylation is 1. The van der Waals surface area contributed by atoms with Crippen molar-refractivity contribution >= 4 is 23.2 Å². The molecule has 0 aliphatic heterocycles. The van der Waals surface area contributed by atoms with E-state index in [2.05, 4.69) is 24.0 Å². The van der Waals surface area contributed by atoms with Crippen LogP contribution in [0.4, 0.5) is 5.69 Å². The summed E-state index contributed by atoms with van der Waals surface area (Å²) in [6, 6.07) is 11.7. The number of rotatable bonds is 3. The molecule has 2 rings (SSSR count). The summed E-state index contributed by atoms with van der Waals surface area (Å²) in [6.45, 7) is 2.16. The van der Waals surface area contributed by atoms with Crippen LogP contribution in [0.25, 0.3) is 0 Å². The van der Waals surface area contributed by atoms with Crippen LogP contribution < -0.4 is 0 Å². The number of nitrogens with zero attached hydrogens (tertiary/aromatic N) is 1. The van der Waals surface area contributed by atoms with Crippen molar-refractivity contribution in [3.8, 4) is 0 Å². The minimum Gasteiger partial charge on any atom is -0.392 e. The van der Waals surface area contributed by atoms with Gasteiger partial charge in [0.2, 0.25) is 0 Å². The van der Waals surface area contributed by atoms with Crippen LogP contribution in [-0.2, 0) is 6.61 Å². The van der Waals surface area contributed by atoms with Crippen molar-refractivity contribution < 1.29 is 5.11 Å². The van der Waals surface area contributed by atoms with Gasteiger partial charge in [-0.05, 0) is 36.8 Å². The number of hydrogen-bond donors (Lipinski definition) is 1. The Kier molecular flexibility index (Phi) is 3.49. The van der Waals surface area contributed by atoms with Crippen molar-refractivity contribution in [3.63, 3.8) is 0 Å². The van der Waals surface area contributed by atoms with Crippen molar-refractivity contribution in [2.24, 2.45) is 4.99 Å². The largest absolute Gasteiger partial charge is 0.392 e. The van der Waals surface area contributed by atoms with Gasteiger partial charge in [-0.3, -0.25) is 4.99 Å². The summed E-state index contributed by atoms with van der Waals surface area (Å²) in [4.78, 5) is 6.81. The monoisotopic (exact) mass is 231 g/mol. The Morgan fingerprint density at radius 3 is 2.50 bits per heavy atom.